The maximum Gasteiger partial charge on any atom is 0.270 e. The number of amides is 1. The summed E-state index contributed by atoms with van der Waals surface area (Å²) in [6.07, 6.45) is 5.94. The van der Waals surface area contributed by atoms with Gasteiger partial charge in [-0.05, 0) is 24.3 Å². The molecule has 3 heterocycles. The zero-order valence-electron chi connectivity index (χ0n) is 17.1. The summed E-state index contributed by atoms with van der Waals surface area (Å²) in [6, 6.07) is 9.45. The van der Waals surface area contributed by atoms with E-state index in [0.717, 1.165) is 22.2 Å². The Balaban J connectivity index is 1.73. The Kier molecular flexibility index (Phi) is 5.38. The third kappa shape index (κ3) is 3.59. The largest absolute Gasteiger partial charge is 0.493 e. The third-order valence-electron chi connectivity index (χ3n) is 5.01. The van der Waals surface area contributed by atoms with Crippen LogP contribution in [0.2, 0.25) is 0 Å². The number of para-hydroxylation sites is 1. The summed E-state index contributed by atoms with van der Waals surface area (Å²) in [7, 11) is 5.12. The minimum Gasteiger partial charge on any atom is -0.493 e. The van der Waals surface area contributed by atoms with Gasteiger partial charge in [0.25, 0.3) is 5.91 Å². The molecule has 1 amide bonds. The highest BCUT2D eigenvalue weighted by atomic mass is 16.5. The van der Waals surface area contributed by atoms with Crippen molar-refractivity contribution in [2.45, 2.75) is 6.42 Å². The number of aryl methyl sites for hydroxylation is 1. The first-order valence-electron chi connectivity index (χ1n) is 9.55. The van der Waals surface area contributed by atoms with Gasteiger partial charge in [0.05, 0.1) is 31.8 Å². The van der Waals surface area contributed by atoms with Gasteiger partial charge in [0.15, 0.2) is 11.5 Å². The van der Waals surface area contributed by atoms with E-state index in [-0.39, 0.29) is 5.91 Å². The fourth-order valence-corrected chi connectivity index (χ4v) is 3.48. The second kappa shape index (κ2) is 8.28. The van der Waals surface area contributed by atoms with Crippen LogP contribution < -0.4 is 14.8 Å². The highest BCUT2D eigenvalue weighted by Crippen LogP contribution is 2.38. The second-order valence-electron chi connectivity index (χ2n) is 6.84. The van der Waals surface area contributed by atoms with Crippen molar-refractivity contribution in [3.63, 3.8) is 0 Å². The van der Waals surface area contributed by atoms with Crippen LogP contribution in [0.25, 0.3) is 22.2 Å². The summed E-state index contributed by atoms with van der Waals surface area (Å²) in [5.41, 5.74) is 3.63. The Bertz CT molecular complexity index is 1180. The molecule has 30 heavy (non-hydrogen) atoms. The van der Waals surface area contributed by atoms with Crippen LogP contribution >= 0.6 is 0 Å². The highest BCUT2D eigenvalue weighted by molar-refractivity contribution is 6.06. The maximum absolute atomic E-state index is 13.0. The Morgan fingerprint density at radius 3 is 2.83 bits per heavy atom. The molecule has 0 radical (unpaired) electrons. The molecule has 4 aromatic rings. The molecule has 4 rings (SSSR count). The summed E-state index contributed by atoms with van der Waals surface area (Å²) in [5.74, 6) is 0.954. The van der Waals surface area contributed by atoms with E-state index in [1.807, 2.05) is 48.1 Å². The van der Waals surface area contributed by atoms with Crippen LogP contribution in [0.5, 0.6) is 11.5 Å². The van der Waals surface area contributed by atoms with Gasteiger partial charge in [-0.2, -0.15) is 0 Å². The first kappa shape index (κ1) is 19.5. The van der Waals surface area contributed by atoms with Crippen molar-refractivity contribution < 1.29 is 14.3 Å². The first-order valence-corrected chi connectivity index (χ1v) is 9.55. The minimum atomic E-state index is -0.227. The molecule has 0 aliphatic rings. The summed E-state index contributed by atoms with van der Waals surface area (Å²) in [5, 5.41) is 3.75. The topological polar surface area (TPSA) is 94.1 Å². The highest BCUT2D eigenvalue weighted by Gasteiger charge is 2.19. The number of rotatable bonds is 7. The number of aromatic nitrogens is 4. The van der Waals surface area contributed by atoms with Gasteiger partial charge >= 0.3 is 0 Å². The smallest absolute Gasteiger partial charge is 0.270 e. The predicted octanol–water partition coefficient (Wildman–Crippen LogP) is 2.95. The molecular formula is C22H23N5O3. The van der Waals surface area contributed by atoms with E-state index >= 15 is 0 Å². The van der Waals surface area contributed by atoms with Gasteiger partial charge < -0.3 is 24.3 Å². The molecule has 0 saturated heterocycles. The number of imidazole rings is 1. The molecule has 154 valence electrons. The van der Waals surface area contributed by atoms with Gasteiger partial charge in [-0.25, -0.2) is 9.97 Å². The summed E-state index contributed by atoms with van der Waals surface area (Å²) >= 11 is 0. The van der Waals surface area contributed by atoms with E-state index in [9.17, 15) is 4.79 Å². The van der Waals surface area contributed by atoms with Crippen LogP contribution in [0.15, 0.2) is 49.1 Å². The van der Waals surface area contributed by atoms with Gasteiger partial charge in [0.1, 0.15) is 5.69 Å². The summed E-state index contributed by atoms with van der Waals surface area (Å²) in [6.45, 7) is 0.476. The lowest BCUT2D eigenvalue weighted by molar-refractivity contribution is 0.0951. The molecule has 0 fully saturated rings. The Labute approximate surface area is 173 Å². The monoisotopic (exact) mass is 405 g/mol. The number of H-pyrrole nitrogens is 1. The van der Waals surface area contributed by atoms with Crippen molar-refractivity contribution in [3.05, 3.63) is 60.4 Å². The van der Waals surface area contributed by atoms with E-state index in [1.54, 1.807) is 26.7 Å². The van der Waals surface area contributed by atoms with Crippen LogP contribution in [0.3, 0.4) is 0 Å². The number of carbonyl (C=O) groups is 1. The Hall–Kier alpha value is -3.81. The molecule has 8 nitrogen and oxygen atoms in total. The molecule has 2 N–H and O–H groups in total. The van der Waals surface area contributed by atoms with Crippen molar-refractivity contribution in [1.82, 2.24) is 24.8 Å². The normalized spacial score (nSPS) is 10.9. The number of methoxy groups -OCH3 is 2. The minimum absolute atomic E-state index is 0.227. The van der Waals surface area contributed by atoms with Crippen LogP contribution in [-0.2, 0) is 13.5 Å². The summed E-state index contributed by atoms with van der Waals surface area (Å²) in [4.78, 5) is 24.7. The van der Waals surface area contributed by atoms with Crippen molar-refractivity contribution in [1.29, 1.82) is 0 Å². The molecule has 0 aliphatic heterocycles. The molecular weight excluding hydrogens is 382 g/mol. The molecule has 0 atom stereocenters. The number of pyridine rings is 1. The van der Waals surface area contributed by atoms with Crippen LogP contribution in [0.1, 0.15) is 16.2 Å². The second-order valence-corrected chi connectivity index (χ2v) is 6.84. The van der Waals surface area contributed by atoms with E-state index < -0.39 is 0 Å². The van der Waals surface area contributed by atoms with Gasteiger partial charge in [-0.15, -0.1) is 0 Å². The number of hydrogen-bond acceptors (Lipinski definition) is 5. The SMILES string of the molecule is COc1cccc(-c2cc3c(ccn3C)c(C(=O)NCCc3cnc[nH]3)n2)c1OC. The van der Waals surface area contributed by atoms with Gasteiger partial charge in [0, 0.05) is 49.1 Å². The van der Waals surface area contributed by atoms with Crippen molar-refractivity contribution in [2.24, 2.45) is 7.05 Å². The molecule has 0 spiro atoms. The molecule has 1 aromatic carbocycles. The Morgan fingerprint density at radius 2 is 2.10 bits per heavy atom. The van der Waals surface area contributed by atoms with E-state index in [1.165, 1.54) is 0 Å². The molecule has 3 aromatic heterocycles. The van der Waals surface area contributed by atoms with E-state index in [4.69, 9.17) is 14.5 Å². The molecule has 0 bridgehead atoms. The van der Waals surface area contributed by atoms with Crippen molar-refractivity contribution in [3.8, 4) is 22.8 Å². The predicted molar refractivity (Wildman–Crippen MR) is 114 cm³/mol. The quantitative estimate of drug-likeness (QED) is 0.493. The summed E-state index contributed by atoms with van der Waals surface area (Å²) < 4.78 is 13.0. The number of aromatic amines is 1. The van der Waals surface area contributed by atoms with Crippen molar-refractivity contribution >= 4 is 16.8 Å². The fourth-order valence-electron chi connectivity index (χ4n) is 3.48. The van der Waals surface area contributed by atoms with Crippen molar-refractivity contribution in [2.75, 3.05) is 20.8 Å². The standard InChI is InChI=1S/C22H23N5O3/c1-27-10-8-16-18(27)11-17(15-5-4-6-19(29-2)21(15)30-3)26-20(16)22(28)24-9-7-14-12-23-13-25-14/h4-6,8,10-13H,7,9H2,1-3H3,(H,23,25)(H,24,28). The lowest BCUT2D eigenvalue weighted by atomic mass is 10.1. The number of fused-ring (bicyclic) bond motifs is 1. The first-order chi connectivity index (χ1) is 14.6. The van der Waals surface area contributed by atoms with Gasteiger partial charge in [-0.1, -0.05) is 6.07 Å². The van der Waals surface area contributed by atoms with Gasteiger partial charge in [-0.3, -0.25) is 4.79 Å². The molecule has 0 aliphatic carbocycles. The third-order valence-corrected chi connectivity index (χ3v) is 5.01. The molecule has 8 heteroatoms. The van der Waals surface area contributed by atoms with Crippen LogP contribution in [0.4, 0.5) is 0 Å². The fraction of sp³-hybridized carbons (Fsp3) is 0.227. The zero-order chi connectivity index (χ0) is 21.1. The van der Waals surface area contributed by atoms with E-state index in [0.29, 0.717) is 35.9 Å². The lowest BCUT2D eigenvalue weighted by Gasteiger charge is -2.14. The number of nitrogens with one attached hydrogen (secondary N) is 2. The lowest BCUT2D eigenvalue weighted by Crippen LogP contribution is -2.27. The number of nitrogens with zero attached hydrogens (tertiary/aromatic N) is 3. The maximum atomic E-state index is 13.0. The number of benzene rings is 1. The number of hydrogen-bond donors (Lipinski definition) is 2. The average Bonchev–Trinajstić information content (AvgIpc) is 3.42. The molecule has 0 unspecified atom stereocenters. The zero-order valence-corrected chi connectivity index (χ0v) is 17.1. The Morgan fingerprint density at radius 1 is 1.23 bits per heavy atom. The van der Waals surface area contributed by atoms with Crippen LogP contribution in [-0.4, -0.2) is 46.2 Å². The van der Waals surface area contributed by atoms with Gasteiger partial charge in [0.2, 0.25) is 0 Å². The molecule has 0 saturated carbocycles. The average molecular weight is 405 g/mol. The number of ether oxygens (including phenoxy) is 2. The van der Waals surface area contributed by atoms with Crippen LogP contribution in [0, 0.1) is 0 Å². The number of carbonyl (C=O) groups excluding carboxylic acids is 1. The van der Waals surface area contributed by atoms with E-state index in [2.05, 4.69) is 15.3 Å².